The molecule has 0 fully saturated rings. The zero-order valence-electron chi connectivity index (χ0n) is 7.78. The summed E-state index contributed by atoms with van der Waals surface area (Å²) in [5, 5.41) is 18.1. The van der Waals surface area contributed by atoms with E-state index < -0.39 is 5.60 Å². The summed E-state index contributed by atoms with van der Waals surface area (Å²) in [5.74, 6) is 0. The SMILES string of the molecule is CN(CC(C)(C)O)c1nnc(Br)s1. The highest BCUT2D eigenvalue weighted by molar-refractivity contribution is 9.11. The lowest BCUT2D eigenvalue weighted by Gasteiger charge is -2.24. The van der Waals surface area contributed by atoms with Crippen LogP contribution < -0.4 is 4.90 Å². The van der Waals surface area contributed by atoms with Crippen LogP contribution in [0.4, 0.5) is 5.13 Å². The van der Waals surface area contributed by atoms with Crippen molar-refractivity contribution in [1.82, 2.24) is 10.2 Å². The Morgan fingerprint density at radius 1 is 1.54 bits per heavy atom. The van der Waals surface area contributed by atoms with Gasteiger partial charge in [-0.05, 0) is 29.8 Å². The van der Waals surface area contributed by atoms with Crippen LogP contribution in [0.25, 0.3) is 0 Å². The van der Waals surface area contributed by atoms with Crippen LogP contribution in [-0.4, -0.2) is 34.5 Å². The van der Waals surface area contributed by atoms with Crippen molar-refractivity contribution in [3.05, 3.63) is 3.92 Å². The van der Waals surface area contributed by atoms with E-state index in [1.807, 2.05) is 11.9 Å². The van der Waals surface area contributed by atoms with Gasteiger partial charge in [0, 0.05) is 13.6 Å². The summed E-state index contributed by atoms with van der Waals surface area (Å²) < 4.78 is 0.755. The van der Waals surface area contributed by atoms with Crippen molar-refractivity contribution in [1.29, 1.82) is 0 Å². The number of nitrogens with zero attached hydrogens (tertiary/aromatic N) is 3. The number of aliphatic hydroxyl groups is 1. The van der Waals surface area contributed by atoms with Crippen molar-refractivity contribution < 1.29 is 5.11 Å². The van der Waals surface area contributed by atoms with Crippen molar-refractivity contribution in [2.45, 2.75) is 19.4 Å². The van der Waals surface area contributed by atoms with Gasteiger partial charge in [0.1, 0.15) is 0 Å². The number of likely N-dealkylation sites (N-methyl/N-ethyl adjacent to an activating group) is 1. The van der Waals surface area contributed by atoms with E-state index in [-0.39, 0.29) is 0 Å². The van der Waals surface area contributed by atoms with Gasteiger partial charge in [-0.15, -0.1) is 10.2 Å². The minimum absolute atomic E-state index is 0.536. The molecule has 13 heavy (non-hydrogen) atoms. The number of hydrogen-bond donors (Lipinski definition) is 1. The molecular weight excluding hydrogens is 254 g/mol. The Labute approximate surface area is 89.7 Å². The van der Waals surface area contributed by atoms with E-state index in [1.165, 1.54) is 11.3 Å². The third kappa shape index (κ3) is 3.58. The second kappa shape index (κ2) is 3.89. The lowest BCUT2D eigenvalue weighted by Crippen LogP contribution is -2.36. The fourth-order valence-electron chi connectivity index (χ4n) is 1.00. The molecule has 1 heterocycles. The first-order valence-corrected chi connectivity index (χ1v) is 5.42. The lowest BCUT2D eigenvalue weighted by molar-refractivity contribution is 0.0886. The van der Waals surface area contributed by atoms with Gasteiger partial charge in [-0.3, -0.25) is 0 Å². The van der Waals surface area contributed by atoms with Crippen molar-refractivity contribution in [2.24, 2.45) is 0 Å². The Morgan fingerprint density at radius 2 is 2.15 bits per heavy atom. The quantitative estimate of drug-likeness (QED) is 0.900. The van der Waals surface area contributed by atoms with Gasteiger partial charge in [-0.1, -0.05) is 11.3 Å². The summed E-state index contributed by atoms with van der Waals surface area (Å²) in [6.45, 7) is 4.06. The van der Waals surface area contributed by atoms with Crippen LogP contribution in [0.15, 0.2) is 3.92 Å². The zero-order valence-corrected chi connectivity index (χ0v) is 10.2. The molecule has 4 nitrogen and oxygen atoms in total. The topological polar surface area (TPSA) is 49.2 Å². The molecule has 0 atom stereocenters. The Morgan fingerprint density at radius 3 is 2.54 bits per heavy atom. The van der Waals surface area contributed by atoms with Crippen molar-refractivity contribution in [2.75, 3.05) is 18.5 Å². The van der Waals surface area contributed by atoms with Crippen molar-refractivity contribution >= 4 is 32.4 Å². The third-order valence-corrected chi connectivity index (χ3v) is 2.81. The standard InChI is InChI=1S/C7H12BrN3OS/c1-7(2,12)4-11(3)6-10-9-5(8)13-6/h12H,4H2,1-3H3. The summed E-state index contributed by atoms with van der Waals surface area (Å²) in [4.78, 5) is 1.88. The molecule has 1 aromatic rings. The Balaban J connectivity index is 2.64. The molecule has 0 saturated heterocycles. The molecule has 1 N–H and O–H groups in total. The smallest absolute Gasteiger partial charge is 0.208 e. The minimum atomic E-state index is -0.715. The number of rotatable bonds is 3. The molecule has 0 bridgehead atoms. The largest absolute Gasteiger partial charge is 0.389 e. The van der Waals surface area contributed by atoms with Crippen molar-refractivity contribution in [3.63, 3.8) is 0 Å². The van der Waals surface area contributed by atoms with Gasteiger partial charge in [-0.25, -0.2) is 0 Å². The first-order chi connectivity index (χ1) is 5.88. The molecule has 0 unspecified atom stereocenters. The normalized spacial score (nSPS) is 11.8. The van der Waals surface area contributed by atoms with Gasteiger partial charge in [0.25, 0.3) is 0 Å². The zero-order chi connectivity index (χ0) is 10.1. The van der Waals surface area contributed by atoms with E-state index >= 15 is 0 Å². The number of anilines is 1. The summed E-state index contributed by atoms with van der Waals surface area (Å²) in [7, 11) is 1.88. The molecule has 0 aliphatic carbocycles. The number of halogens is 1. The van der Waals surface area contributed by atoms with Gasteiger partial charge >= 0.3 is 0 Å². The van der Waals surface area contributed by atoms with Gasteiger partial charge in [0.15, 0.2) is 3.92 Å². The molecule has 0 aromatic carbocycles. The van der Waals surface area contributed by atoms with E-state index in [2.05, 4.69) is 26.1 Å². The van der Waals surface area contributed by atoms with Crippen LogP contribution in [0.2, 0.25) is 0 Å². The second-order valence-electron chi connectivity index (χ2n) is 3.51. The van der Waals surface area contributed by atoms with E-state index in [4.69, 9.17) is 0 Å². The fourth-order valence-corrected chi connectivity index (χ4v) is 2.05. The third-order valence-electron chi connectivity index (χ3n) is 1.34. The summed E-state index contributed by atoms with van der Waals surface area (Å²) >= 11 is 4.68. The number of aromatic nitrogens is 2. The lowest BCUT2D eigenvalue weighted by atomic mass is 10.1. The monoisotopic (exact) mass is 265 g/mol. The second-order valence-corrected chi connectivity index (χ2v) is 5.74. The van der Waals surface area contributed by atoms with Crippen LogP contribution >= 0.6 is 27.3 Å². The van der Waals surface area contributed by atoms with Crippen LogP contribution in [0.1, 0.15) is 13.8 Å². The Kier molecular flexibility index (Phi) is 3.26. The fraction of sp³-hybridized carbons (Fsp3) is 0.714. The molecule has 0 amide bonds. The van der Waals surface area contributed by atoms with E-state index in [0.717, 1.165) is 9.05 Å². The summed E-state index contributed by atoms with van der Waals surface area (Å²) in [5.41, 5.74) is -0.715. The highest BCUT2D eigenvalue weighted by atomic mass is 79.9. The maximum absolute atomic E-state index is 9.56. The number of hydrogen-bond acceptors (Lipinski definition) is 5. The Bertz CT molecular complexity index is 284. The van der Waals surface area contributed by atoms with Crippen LogP contribution in [0, 0.1) is 0 Å². The molecule has 0 aliphatic rings. The molecule has 0 radical (unpaired) electrons. The first-order valence-electron chi connectivity index (χ1n) is 3.81. The molecule has 6 heteroatoms. The molecule has 1 aromatic heterocycles. The average Bonchev–Trinajstić information content (AvgIpc) is 2.31. The predicted molar refractivity (Wildman–Crippen MR) is 57.2 cm³/mol. The minimum Gasteiger partial charge on any atom is -0.389 e. The summed E-state index contributed by atoms with van der Waals surface area (Å²) in [6.07, 6.45) is 0. The van der Waals surface area contributed by atoms with E-state index in [1.54, 1.807) is 13.8 Å². The van der Waals surface area contributed by atoms with Crippen LogP contribution in [0.3, 0.4) is 0 Å². The van der Waals surface area contributed by atoms with Crippen LogP contribution in [0.5, 0.6) is 0 Å². The average molecular weight is 266 g/mol. The maximum atomic E-state index is 9.56. The van der Waals surface area contributed by atoms with E-state index in [9.17, 15) is 5.11 Å². The molecule has 0 aliphatic heterocycles. The Hall–Kier alpha value is -0.200. The molecular formula is C7H12BrN3OS. The molecule has 1 rings (SSSR count). The summed E-state index contributed by atoms with van der Waals surface area (Å²) in [6, 6.07) is 0. The molecule has 0 spiro atoms. The van der Waals surface area contributed by atoms with Gasteiger partial charge in [0.2, 0.25) is 5.13 Å². The van der Waals surface area contributed by atoms with Crippen LogP contribution in [-0.2, 0) is 0 Å². The highest BCUT2D eigenvalue weighted by Crippen LogP contribution is 2.23. The maximum Gasteiger partial charge on any atom is 0.208 e. The molecule has 0 saturated carbocycles. The highest BCUT2D eigenvalue weighted by Gasteiger charge is 2.17. The van der Waals surface area contributed by atoms with Gasteiger partial charge in [-0.2, -0.15) is 0 Å². The molecule has 74 valence electrons. The predicted octanol–water partition coefficient (Wildman–Crippen LogP) is 1.51. The first kappa shape index (κ1) is 10.9. The van der Waals surface area contributed by atoms with Gasteiger partial charge in [0.05, 0.1) is 5.60 Å². The van der Waals surface area contributed by atoms with Gasteiger partial charge < -0.3 is 10.0 Å². The van der Waals surface area contributed by atoms with Crippen molar-refractivity contribution in [3.8, 4) is 0 Å². The van der Waals surface area contributed by atoms with E-state index in [0.29, 0.717) is 6.54 Å².